The summed E-state index contributed by atoms with van der Waals surface area (Å²) >= 11 is 3.14. The minimum atomic E-state index is -1.23. The van der Waals surface area contributed by atoms with Crippen LogP contribution in [-0.2, 0) is 0 Å². The summed E-state index contributed by atoms with van der Waals surface area (Å²) < 4.78 is 0.520. The predicted octanol–water partition coefficient (Wildman–Crippen LogP) is 1.66. The number of carboxylic acids is 1. The van der Waals surface area contributed by atoms with Crippen molar-refractivity contribution in [1.29, 1.82) is 0 Å². The molecule has 0 saturated heterocycles. The van der Waals surface area contributed by atoms with Crippen LogP contribution in [0.4, 0.5) is 0 Å². The highest BCUT2D eigenvalue weighted by molar-refractivity contribution is 9.10. The zero-order chi connectivity index (χ0) is 12.3. The Labute approximate surface area is 113 Å². The summed E-state index contributed by atoms with van der Waals surface area (Å²) in [5, 5.41) is 27.3. The van der Waals surface area contributed by atoms with Crippen LogP contribution in [-0.4, -0.2) is 27.9 Å². The Morgan fingerprint density at radius 2 is 2.06 bits per heavy atom. The lowest BCUT2D eigenvalue weighted by atomic mass is 10.0. The third-order valence-electron chi connectivity index (χ3n) is 2.17. The second-order valence-corrected chi connectivity index (χ2v) is 4.23. The van der Waals surface area contributed by atoms with Gasteiger partial charge in [0.1, 0.15) is 11.3 Å². The van der Waals surface area contributed by atoms with Gasteiger partial charge in [-0.3, -0.25) is 0 Å². The summed E-state index contributed by atoms with van der Waals surface area (Å²) in [7, 11) is 0. The minimum Gasteiger partial charge on any atom is -0.507 e. The van der Waals surface area contributed by atoms with Crippen LogP contribution < -0.4 is 5.73 Å². The van der Waals surface area contributed by atoms with E-state index in [4.69, 9.17) is 15.9 Å². The first-order valence-corrected chi connectivity index (χ1v) is 5.38. The average molecular weight is 327 g/mol. The monoisotopic (exact) mass is 325 g/mol. The Morgan fingerprint density at radius 1 is 1.47 bits per heavy atom. The first-order chi connectivity index (χ1) is 7.47. The maximum Gasteiger partial charge on any atom is 0.339 e. The number of rotatable bonds is 4. The lowest BCUT2D eigenvalue weighted by Gasteiger charge is -2.14. The molecule has 0 aliphatic carbocycles. The van der Waals surface area contributed by atoms with E-state index in [2.05, 4.69) is 15.9 Å². The van der Waals surface area contributed by atoms with E-state index in [0.29, 0.717) is 10.0 Å². The van der Waals surface area contributed by atoms with Crippen LogP contribution >= 0.6 is 28.3 Å². The van der Waals surface area contributed by atoms with E-state index in [1.165, 1.54) is 6.07 Å². The fourth-order valence-electron chi connectivity index (χ4n) is 1.36. The SMILES string of the molecule is Cl.N[C@H](CCO)c1cc(Br)cc(C(=O)O)c1O. The number of carbonyl (C=O) groups is 1. The number of phenols is 1. The van der Waals surface area contributed by atoms with E-state index in [1.54, 1.807) is 6.07 Å². The van der Waals surface area contributed by atoms with Gasteiger partial charge in [0.15, 0.2) is 0 Å². The summed E-state index contributed by atoms with van der Waals surface area (Å²) in [5.74, 6) is -1.58. The van der Waals surface area contributed by atoms with Gasteiger partial charge >= 0.3 is 5.97 Å². The van der Waals surface area contributed by atoms with Gasteiger partial charge in [0.25, 0.3) is 0 Å². The third kappa shape index (κ3) is 3.85. The fourth-order valence-corrected chi connectivity index (χ4v) is 1.84. The quantitative estimate of drug-likeness (QED) is 0.673. The van der Waals surface area contributed by atoms with E-state index in [9.17, 15) is 9.90 Å². The fraction of sp³-hybridized carbons (Fsp3) is 0.300. The highest BCUT2D eigenvalue weighted by Crippen LogP contribution is 2.32. The van der Waals surface area contributed by atoms with Gasteiger partial charge in [-0.15, -0.1) is 12.4 Å². The zero-order valence-electron chi connectivity index (χ0n) is 8.76. The second kappa shape index (κ2) is 6.80. The van der Waals surface area contributed by atoms with Gasteiger partial charge in [0.2, 0.25) is 0 Å². The molecule has 0 spiro atoms. The number of halogens is 2. The standard InChI is InChI=1S/C10H12BrNO4.ClH/c11-5-3-6(8(12)1-2-13)9(14)7(4-5)10(15)16;/h3-4,8,13-14H,1-2,12H2,(H,15,16);1H/t8-;/m1./s1. The van der Waals surface area contributed by atoms with Gasteiger partial charge in [-0.25, -0.2) is 4.79 Å². The molecule has 0 unspecified atom stereocenters. The molecular formula is C10H13BrClNO4. The summed E-state index contributed by atoms with van der Waals surface area (Å²) in [4.78, 5) is 10.8. The van der Waals surface area contributed by atoms with Crippen LogP contribution in [0.1, 0.15) is 28.4 Å². The molecule has 0 aliphatic heterocycles. The van der Waals surface area contributed by atoms with Crippen molar-refractivity contribution in [1.82, 2.24) is 0 Å². The molecule has 96 valence electrons. The third-order valence-corrected chi connectivity index (χ3v) is 2.63. The number of aromatic hydroxyl groups is 1. The predicted molar refractivity (Wildman–Crippen MR) is 68.6 cm³/mol. The number of hydrogen-bond acceptors (Lipinski definition) is 4. The van der Waals surface area contributed by atoms with Gasteiger partial charge in [-0.05, 0) is 18.6 Å². The minimum absolute atomic E-state index is 0. The lowest BCUT2D eigenvalue weighted by Crippen LogP contribution is -2.13. The van der Waals surface area contributed by atoms with Crippen molar-refractivity contribution in [2.75, 3.05) is 6.61 Å². The van der Waals surface area contributed by atoms with E-state index in [0.717, 1.165) is 0 Å². The lowest BCUT2D eigenvalue weighted by molar-refractivity contribution is 0.0693. The maximum atomic E-state index is 10.8. The van der Waals surface area contributed by atoms with Crippen molar-refractivity contribution >= 4 is 34.3 Å². The van der Waals surface area contributed by atoms with Crippen LogP contribution in [0, 0.1) is 0 Å². The van der Waals surface area contributed by atoms with Gasteiger partial charge in [-0.1, -0.05) is 15.9 Å². The molecule has 1 rings (SSSR count). The van der Waals surface area contributed by atoms with Crippen molar-refractivity contribution in [2.45, 2.75) is 12.5 Å². The molecule has 0 fully saturated rings. The van der Waals surface area contributed by atoms with E-state index >= 15 is 0 Å². The Hall–Kier alpha value is -0.820. The number of carboxylic acid groups (broad SMARTS) is 1. The Kier molecular flexibility index (Phi) is 6.48. The molecule has 7 heteroatoms. The van der Waals surface area contributed by atoms with Crippen LogP contribution in [0.3, 0.4) is 0 Å². The molecule has 0 amide bonds. The highest BCUT2D eigenvalue weighted by atomic mass is 79.9. The summed E-state index contributed by atoms with van der Waals surface area (Å²) in [6, 6.07) is 2.25. The average Bonchev–Trinajstić information content (AvgIpc) is 2.20. The molecule has 5 nitrogen and oxygen atoms in total. The smallest absolute Gasteiger partial charge is 0.339 e. The molecule has 1 aromatic rings. The maximum absolute atomic E-state index is 10.8. The molecule has 1 atom stereocenters. The first-order valence-electron chi connectivity index (χ1n) is 4.59. The number of nitrogens with two attached hydrogens (primary N) is 1. The van der Waals surface area contributed by atoms with Crippen LogP contribution in [0.5, 0.6) is 5.75 Å². The number of aliphatic hydroxyl groups excluding tert-OH is 1. The second-order valence-electron chi connectivity index (χ2n) is 3.32. The number of aliphatic hydroxyl groups is 1. The van der Waals surface area contributed by atoms with Gasteiger partial charge in [-0.2, -0.15) is 0 Å². The van der Waals surface area contributed by atoms with E-state index in [1.807, 2.05) is 0 Å². The van der Waals surface area contributed by atoms with Crippen LogP contribution in [0.2, 0.25) is 0 Å². The topological polar surface area (TPSA) is 104 Å². The molecule has 1 aromatic carbocycles. The van der Waals surface area contributed by atoms with Crippen molar-refractivity contribution in [2.24, 2.45) is 5.73 Å². The molecule has 5 N–H and O–H groups in total. The molecule has 0 aromatic heterocycles. The molecule has 0 radical (unpaired) electrons. The van der Waals surface area contributed by atoms with Gasteiger partial charge < -0.3 is 21.1 Å². The van der Waals surface area contributed by atoms with Crippen LogP contribution in [0.15, 0.2) is 16.6 Å². The molecule has 17 heavy (non-hydrogen) atoms. The van der Waals surface area contributed by atoms with Crippen molar-refractivity contribution < 1.29 is 20.1 Å². The summed E-state index contributed by atoms with van der Waals surface area (Å²) in [5.41, 5.74) is 5.81. The highest BCUT2D eigenvalue weighted by Gasteiger charge is 2.18. The Morgan fingerprint density at radius 3 is 2.53 bits per heavy atom. The van der Waals surface area contributed by atoms with Crippen molar-refractivity contribution in [3.63, 3.8) is 0 Å². The van der Waals surface area contributed by atoms with Gasteiger partial charge in [0, 0.05) is 22.7 Å². The number of benzene rings is 1. The zero-order valence-corrected chi connectivity index (χ0v) is 11.2. The first kappa shape index (κ1) is 16.2. The molecule has 0 bridgehead atoms. The number of hydrogen-bond donors (Lipinski definition) is 4. The molecule has 0 saturated carbocycles. The molecule has 0 heterocycles. The Balaban J connectivity index is 0.00000256. The van der Waals surface area contributed by atoms with E-state index < -0.39 is 12.0 Å². The Bertz CT molecular complexity index is 414. The summed E-state index contributed by atoms with van der Waals surface area (Å²) in [6.45, 7) is -0.129. The van der Waals surface area contributed by atoms with E-state index in [-0.39, 0.29) is 36.7 Å². The largest absolute Gasteiger partial charge is 0.507 e. The summed E-state index contributed by atoms with van der Waals surface area (Å²) in [6.07, 6.45) is 0.253. The molecule has 0 aliphatic rings. The normalized spacial score (nSPS) is 11.7. The van der Waals surface area contributed by atoms with Crippen molar-refractivity contribution in [3.8, 4) is 5.75 Å². The van der Waals surface area contributed by atoms with Gasteiger partial charge in [0.05, 0.1) is 0 Å². The van der Waals surface area contributed by atoms with Crippen molar-refractivity contribution in [3.05, 3.63) is 27.7 Å². The van der Waals surface area contributed by atoms with Crippen LogP contribution in [0.25, 0.3) is 0 Å². The number of aromatic carboxylic acids is 1. The molecular weight excluding hydrogens is 313 g/mol.